The lowest BCUT2D eigenvalue weighted by Gasteiger charge is -2.22. The number of carbonyl (C=O) groups is 1. The number of non-ortho nitro benzene ring substituents is 1. The van der Waals surface area contributed by atoms with Crippen molar-refractivity contribution in [1.29, 1.82) is 0 Å². The third-order valence-corrected chi connectivity index (χ3v) is 3.07. The standard InChI is InChI=1S/C12H13Cl2NO5/c1-12(2,11(16)19-3)6-20-10-8(13)4-7(15(17)18)5-9(10)14/h4-5H,6H2,1-3H3. The zero-order valence-corrected chi connectivity index (χ0v) is 12.6. The van der Waals surface area contributed by atoms with Gasteiger partial charge >= 0.3 is 5.97 Å². The average Bonchev–Trinajstić information content (AvgIpc) is 2.36. The summed E-state index contributed by atoms with van der Waals surface area (Å²) < 4.78 is 10.0. The highest BCUT2D eigenvalue weighted by atomic mass is 35.5. The monoisotopic (exact) mass is 321 g/mol. The molecule has 0 aliphatic heterocycles. The molecule has 0 heterocycles. The molecule has 0 aliphatic carbocycles. The Morgan fingerprint density at radius 2 is 1.85 bits per heavy atom. The van der Waals surface area contributed by atoms with Crippen LogP contribution in [0, 0.1) is 15.5 Å². The Balaban J connectivity index is 2.94. The van der Waals surface area contributed by atoms with E-state index in [0.29, 0.717) is 0 Å². The van der Waals surface area contributed by atoms with E-state index >= 15 is 0 Å². The molecule has 1 rings (SSSR count). The minimum absolute atomic E-state index is 0.00451. The summed E-state index contributed by atoms with van der Waals surface area (Å²) in [7, 11) is 1.27. The van der Waals surface area contributed by atoms with Gasteiger partial charge in [0, 0.05) is 12.1 Å². The summed E-state index contributed by atoms with van der Waals surface area (Å²) >= 11 is 11.8. The Kier molecular flexibility index (Phi) is 5.19. The molecule has 0 radical (unpaired) electrons. The summed E-state index contributed by atoms with van der Waals surface area (Å²) in [5.74, 6) is -0.359. The molecule has 110 valence electrons. The number of methoxy groups -OCH3 is 1. The van der Waals surface area contributed by atoms with Crippen molar-refractivity contribution in [2.45, 2.75) is 13.8 Å². The number of nitrogens with zero attached hydrogens (tertiary/aromatic N) is 1. The van der Waals surface area contributed by atoms with Gasteiger partial charge in [0.1, 0.15) is 6.61 Å². The van der Waals surface area contributed by atoms with Crippen LogP contribution in [0.3, 0.4) is 0 Å². The smallest absolute Gasteiger partial charge is 0.314 e. The molecule has 0 aliphatic rings. The predicted molar refractivity (Wildman–Crippen MR) is 74.4 cm³/mol. The van der Waals surface area contributed by atoms with Gasteiger partial charge in [0.15, 0.2) is 5.75 Å². The van der Waals surface area contributed by atoms with Gasteiger partial charge in [-0.15, -0.1) is 0 Å². The Bertz CT molecular complexity index is 522. The molecule has 8 heteroatoms. The van der Waals surface area contributed by atoms with Crippen molar-refractivity contribution in [1.82, 2.24) is 0 Å². The molecule has 0 unspecified atom stereocenters. The quantitative estimate of drug-likeness (QED) is 0.471. The normalized spacial score (nSPS) is 11.1. The molecule has 1 aromatic rings. The van der Waals surface area contributed by atoms with Gasteiger partial charge in [0.25, 0.3) is 5.69 Å². The van der Waals surface area contributed by atoms with Crippen LogP contribution in [0.25, 0.3) is 0 Å². The lowest BCUT2D eigenvalue weighted by atomic mass is 9.95. The van der Waals surface area contributed by atoms with Gasteiger partial charge in [-0.2, -0.15) is 0 Å². The van der Waals surface area contributed by atoms with Crippen LogP contribution in [0.2, 0.25) is 10.0 Å². The van der Waals surface area contributed by atoms with Crippen molar-refractivity contribution in [3.8, 4) is 5.75 Å². The maximum absolute atomic E-state index is 11.5. The Morgan fingerprint density at radius 1 is 1.35 bits per heavy atom. The molecule has 0 bridgehead atoms. The van der Waals surface area contributed by atoms with Crippen molar-refractivity contribution >= 4 is 34.9 Å². The predicted octanol–water partition coefficient (Wildman–Crippen LogP) is 3.48. The number of halogens is 2. The van der Waals surface area contributed by atoms with E-state index in [1.807, 2.05) is 0 Å². The second-order valence-electron chi connectivity index (χ2n) is 4.66. The molecule has 0 amide bonds. The van der Waals surface area contributed by atoms with Crippen LogP contribution in [0.15, 0.2) is 12.1 Å². The summed E-state index contributed by atoms with van der Waals surface area (Å²) in [6, 6.07) is 2.27. The van der Waals surface area contributed by atoms with Crippen LogP contribution in [-0.2, 0) is 9.53 Å². The number of carbonyl (C=O) groups excluding carboxylic acids is 1. The number of nitro benzene ring substituents is 1. The van der Waals surface area contributed by atoms with Gasteiger partial charge in [0.2, 0.25) is 0 Å². The van der Waals surface area contributed by atoms with E-state index in [0.717, 1.165) is 12.1 Å². The molecule has 0 aromatic heterocycles. The zero-order valence-electron chi connectivity index (χ0n) is 11.1. The van der Waals surface area contributed by atoms with Crippen molar-refractivity contribution in [3.05, 3.63) is 32.3 Å². The van der Waals surface area contributed by atoms with Crippen molar-refractivity contribution < 1.29 is 19.2 Å². The van der Waals surface area contributed by atoms with Crippen LogP contribution in [0.1, 0.15) is 13.8 Å². The van der Waals surface area contributed by atoms with Crippen LogP contribution < -0.4 is 4.74 Å². The number of hydrogen-bond donors (Lipinski definition) is 0. The van der Waals surface area contributed by atoms with Crippen molar-refractivity contribution in [2.24, 2.45) is 5.41 Å². The topological polar surface area (TPSA) is 78.7 Å². The lowest BCUT2D eigenvalue weighted by Crippen LogP contribution is -2.32. The van der Waals surface area contributed by atoms with Crippen molar-refractivity contribution in [3.63, 3.8) is 0 Å². The summed E-state index contributed by atoms with van der Waals surface area (Å²) in [5, 5.41) is 10.7. The second-order valence-corrected chi connectivity index (χ2v) is 5.47. The highest BCUT2D eigenvalue weighted by Gasteiger charge is 2.30. The van der Waals surface area contributed by atoms with Gasteiger partial charge in [-0.05, 0) is 13.8 Å². The van der Waals surface area contributed by atoms with E-state index in [4.69, 9.17) is 27.9 Å². The maximum atomic E-state index is 11.5. The minimum Gasteiger partial charge on any atom is -0.489 e. The van der Waals surface area contributed by atoms with Crippen LogP contribution in [0.4, 0.5) is 5.69 Å². The molecule has 0 saturated heterocycles. The van der Waals surface area contributed by atoms with E-state index in [1.165, 1.54) is 7.11 Å². The molecule has 6 nitrogen and oxygen atoms in total. The lowest BCUT2D eigenvalue weighted by molar-refractivity contribution is -0.384. The zero-order chi connectivity index (χ0) is 15.5. The third-order valence-electron chi connectivity index (χ3n) is 2.51. The molecule has 0 saturated carbocycles. The average molecular weight is 322 g/mol. The molecule has 0 spiro atoms. The Labute approximate surface area is 125 Å². The van der Waals surface area contributed by atoms with Crippen LogP contribution in [0.5, 0.6) is 5.75 Å². The van der Waals surface area contributed by atoms with E-state index in [9.17, 15) is 14.9 Å². The fourth-order valence-electron chi connectivity index (χ4n) is 1.38. The fraction of sp³-hybridized carbons (Fsp3) is 0.417. The first kappa shape index (κ1) is 16.5. The highest BCUT2D eigenvalue weighted by molar-refractivity contribution is 6.37. The van der Waals surface area contributed by atoms with Gasteiger partial charge in [0.05, 0.1) is 27.5 Å². The van der Waals surface area contributed by atoms with E-state index in [-0.39, 0.29) is 28.1 Å². The van der Waals surface area contributed by atoms with E-state index in [2.05, 4.69) is 4.74 Å². The van der Waals surface area contributed by atoms with E-state index in [1.54, 1.807) is 13.8 Å². The van der Waals surface area contributed by atoms with E-state index < -0.39 is 16.3 Å². The Morgan fingerprint density at radius 3 is 2.25 bits per heavy atom. The van der Waals surface area contributed by atoms with Gasteiger partial charge in [-0.3, -0.25) is 14.9 Å². The van der Waals surface area contributed by atoms with Gasteiger partial charge < -0.3 is 9.47 Å². The third kappa shape index (κ3) is 3.74. The SMILES string of the molecule is COC(=O)C(C)(C)COc1c(Cl)cc([N+](=O)[O-])cc1Cl. The largest absolute Gasteiger partial charge is 0.489 e. The summed E-state index contributed by atoms with van der Waals surface area (Å²) in [4.78, 5) is 21.5. The number of esters is 1. The second kappa shape index (κ2) is 6.28. The fourth-order valence-corrected chi connectivity index (χ4v) is 1.96. The first-order chi connectivity index (χ1) is 9.19. The number of benzene rings is 1. The number of ether oxygens (including phenoxy) is 2. The van der Waals surface area contributed by atoms with Gasteiger partial charge in [-0.1, -0.05) is 23.2 Å². The summed E-state index contributed by atoms with van der Waals surface area (Å²) in [5.41, 5.74) is -1.14. The molecule has 20 heavy (non-hydrogen) atoms. The summed E-state index contributed by atoms with van der Waals surface area (Å²) in [6.07, 6.45) is 0. The van der Waals surface area contributed by atoms with Crippen LogP contribution >= 0.6 is 23.2 Å². The molecule has 1 aromatic carbocycles. The molecular weight excluding hydrogens is 309 g/mol. The minimum atomic E-state index is -0.900. The van der Waals surface area contributed by atoms with Crippen LogP contribution in [-0.4, -0.2) is 24.6 Å². The molecular formula is C12H13Cl2NO5. The maximum Gasteiger partial charge on any atom is 0.314 e. The molecule has 0 atom stereocenters. The van der Waals surface area contributed by atoms with Gasteiger partial charge in [-0.25, -0.2) is 0 Å². The van der Waals surface area contributed by atoms with Crippen molar-refractivity contribution in [2.75, 3.05) is 13.7 Å². The summed E-state index contributed by atoms with van der Waals surface area (Å²) in [6.45, 7) is 3.23. The molecule has 0 fully saturated rings. The first-order valence-electron chi connectivity index (χ1n) is 5.53. The Hall–Kier alpha value is -1.53. The number of rotatable bonds is 5. The highest BCUT2D eigenvalue weighted by Crippen LogP contribution is 2.37. The number of hydrogen-bond acceptors (Lipinski definition) is 5. The number of nitro groups is 1. The first-order valence-corrected chi connectivity index (χ1v) is 6.29. The molecule has 0 N–H and O–H groups in total.